The van der Waals surface area contributed by atoms with Gasteiger partial charge in [0.2, 0.25) is 5.91 Å². The maximum Gasteiger partial charge on any atom is 0.265 e. The smallest absolute Gasteiger partial charge is 0.265 e. The van der Waals surface area contributed by atoms with E-state index in [9.17, 15) is 18.0 Å². The second-order valence-electron chi connectivity index (χ2n) is 10.9. The van der Waals surface area contributed by atoms with Crippen molar-refractivity contribution in [2.75, 3.05) is 45.0 Å². The van der Waals surface area contributed by atoms with Crippen LogP contribution in [0.3, 0.4) is 0 Å². The van der Waals surface area contributed by atoms with E-state index in [-0.39, 0.29) is 28.9 Å². The molecule has 5 aromatic rings. The zero-order chi connectivity index (χ0) is 33.0. The van der Waals surface area contributed by atoms with E-state index >= 15 is 0 Å². The molecule has 0 aliphatic carbocycles. The number of anilines is 2. The number of benzene rings is 5. The quantitative estimate of drug-likeness (QED) is 0.195. The van der Waals surface area contributed by atoms with Gasteiger partial charge in [0, 0.05) is 37.8 Å². The van der Waals surface area contributed by atoms with Crippen molar-refractivity contribution in [3.63, 3.8) is 0 Å². The minimum absolute atomic E-state index is 0.0594. The molecule has 0 aromatic heterocycles. The molecule has 5 aromatic carbocycles. The molecular formula is C36H35N3O6S. The first-order valence-electron chi connectivity index (χ1n) is 14.5. The summed E-state index contributed by atoms with van der Waals surface area (Å²) in [5, 5.41) is 1.54. The Morgan fingerprint density at radius 2 is 1.50 bits per heavy atom. The number of rotatable bonds is 10. The summed E-state index contributed by atoms with van der Waals surface area (Å²) >= 11 is 0. The average molecular weight is 638 g/mol. The molecule has 0 spiro atoms. The van der Waals surface area contributed by atoms with Crippen LogP contribution in [0.1, 0.15) is 15.9 Å². The maximum atomic E-state index is 13.8. The first kappa shape index (κ1) is 32.1. The summed E-state index contributed by atoms with van der Waals surface area (Å²) in [6.07, 6.45) is 0.165. The summed E-state index contributed by atoms with van der Waals surface area (Å²) in [5.41, 5.74) is 3.55. The molecule has 0 aliphatic rings. The topological polar surface area (TPSA) is 105 Å². The molecule has 0 unspecified atom stereocenters. The molecule has 0 fully saturated rings. The number of carbonyl (C=O) groups is 2. The number of ether oxygens (including phenoxy) is 2. The molecule has 0 saturated heterocycles. The maximum absolute atomic E-state index is 13.8. The third-order valence-corrected chi connectivity index (χ3v) is 9.04. The Morgan fingerprint density at radius 1 is 0.761 bits per heavy atom. The van der Waals surface area contributed by atoms with Gasteiger partial charge in [-0.2, -0.15) is 0 Å². The fraction of sp³-hybridized carbons (Fsp3) is 0.167. The predicted molar refractivity (Wildman–Crippen MR) is 181 cm³/mol. The average Bonchev–Trinajstić information content (AvgIpc) is 3.06. The van der Waals surface area contributed by atoms with Gasteiger partial charge in [0.05, 0.1) is 26.3 Å². The van der Waals surface area contributed by atoms with Crippen LogP contribution in [-0.4, -0.2) is 60.5 Å². The highest BCUT2D eigenvalue weighted by atomic mass is 32.2. The third-order valence-electron chi connectivity index (χ3n) is 7.64. The van der Waals surface area contributed by atoms with Gasteiger partial charge in [-0.1, -0.05) is 48.5 Å². The van der Waals surface area contributed by atoms with E-state index in [1.165, 1.54) is 18.1 Å². The molecule has 236 valence electrons. The zero-order valence-corrected chi connectivity index (χ0v) is 27.1. The standard InChI is InChI=1S/C36H35N3O6S/c1-38(2)36(41)28-12-7-11-26(21-28)27-16-18-33(45-5)34(22-27)46(42,43)37-29-17-15-25-10-8-14-32(31(25)23-29)39(3)35(40)20-24-9-6-13-30(19-24)44-4/h6-19,21-23,37H,20H2,1-5H3. The van der Waals surface area contributed by atoms with Crippen molar-refractivity contribution in [3.05, 3.63) is 114 Å². The number of hydrogen-bond acceptors (Lipinski definition) is 6. The SMILES string of the molecule is COc1cccc(CC(=O)N(C)c2cccc3ccc(NS(=O)(=O)c4cc(-c5cccc(C(=O)N(C)C)c5)ccc4OC)cc23)c1. The van der Waals surface area contributed by atoms with E-state index in [2.05, 4.69) is 4.72 Å². The van der Waals surface area contributed by atoms with Crippen LogP contribution in [-0.2, 0) is 21.2 Å². The van der Waals surface area contributed by atoms with E-state index in [0.717, 1.165) is 10.9 Å². The van der Waals surface area contributed by atoms with Crippen molar-refractivity contribution in [3.8, 4) is 22.6 Å². The van der Waals surface area contributed by atoms with Crippen molar-refractivity contribution in [2.24, 2.45) is 0 Å². The molecular weight excluding hydrogens is 602 g/mol. The molecule has 10 heteroatoms. The number of hydrogen-bond donors (Lipinski definition) is 1. The number of fused-ring (bicyclic) bond motifs is 1. The lowest BCUT2D eigenvalue weighted by atomic mass is 10.0. The number of amides is 2. The number of methoxy groups -OCH3 is 2. The third kappa shape index (κ3) is 6.82. The summed E-state index contributed by atoms with van der Waals surface area (Å²) in [7, 11) is 3.90. The first-order valence-corrected chi connectivity index (χ1v) is 15.9. The van der Waals surface area contributed by atoms with Gasteiger partial charge in [-0.05, 0) is 76.7 Å². The van der Waals surface area contributed by atoms with Crippen LogP contribution in [0.5, 0.6) is 11.5 Å². The van der Waals surface area contributed by atoms with Crippen LogP contribution < -0.4 is 19.1 Å². The Hall–Kier alpha value is -5.35. The van der Waals surface area contributed by atoms with E-state index < -0.39 is 10.0 Å². The second-order valence-corrected chi connectivity index (χ2v) is 12.6. The summed E-state index contributed by atoms with van der Waals surface area (Å²) in [5.74, 6) is 0.545. The van der Waals surface area contributed by atoms with Crippen LogP contribution in [0, 0.1) is 0 Å². The Bertz CT molecular complexity index is 2040. The normalized spacial score (nSPS) is 11.2. The van der Waals surface area contributed by atoms with Gasteiger partial charge < -0.3 is 19.3 Å². The largest absolute Gasteiger partial charge is 0.497 e. The fourth-order valence-corrected chi connectivity index (χ4v) is 6.43. The van der Waals surface area contributed by atoms with Crippen LogP contribution in [0.4, 0.5) is 11.4 Å². The van der Waals surface area contributed by atoms with E-state index in [0.29, 0.717) is 39.2 Å². The molecule has 0 aliphatic heterocycles. The van der Waals surface area contributed by atoms with Gasteiger partial charge in [-0.25, -0.2) is 8.42 Å². The molecule has 0 bridgehead atoms. The second kappa shape index (κ2) is 13.3. The van der Waals surface area contributed by atoms with Crippen LogP contribution >= 0.6 is 0 Å². The highest BCUT2D eigenvalue weighted by Gasteiger charge is 2.22. The lowest BCUT2D eigenvalue weighted by molar-refractivity contribution is -0.117. The van der Waals surface area contributed by atoms with Crippen LogP contribution in [0.2, 0.25) is 0 Å². The van der Waals surface area contributed by atoms with Crippen molar-refractivity contribution in [1.29, 1.82) is 0 Å². The predicted octanol–water partition coefficient (Wildman–Crippen LogP) is 6.23. The minimum atomic E-state index is -4.13. The molecule has 2 amide bonds. The monoisotopic (exact) mass is 637 g/mol. The Balaban J connectivity index is 1.46. The molecule has 0 heterocycles. The van der Waals surface area contributed by atoms with E-state index in [1.807, 2.05) is 48.5 Å². The summed E-state index contributed by atoms with van der Waals surface area (Å²) < 4.78 is 41.0. The van der Waals surface area contributed by atoms with Gasteiger partial charge in [0.25, 0.3) is 15.9 Å². The Labute approximate surface area is 269 Å². The van der Waals surface area contributed by atoms with Crippen molar-refractivity contribution >= 4 is 44.0 Å². The Kier molecular flexibility index (Phi) is 9.29. The molecule has 5 rings (SSSR count). The van der Waals surface area contributed by atoms with Gasteiger partial charge >= 0.3 is 0 Å². The summed E-state index contributed by atoms with van der Waals surface area (Å²) in [6, 6.07) is 30.0. The zero-order valence-electron chi connectivity index (χ0n) is 26.3. The number of likely N-dealkylation sites (N-methyl/N-ethyl adjacent to an activating group) is 1. The number of sulfonamides is 1. The van der Waals surface area contributed by atoms with Gasteiger partial charge in [0.15, 0.2) is 0 Å². The lowest BCUT2D eigenvalue weighted by Crippen LogP contribution is -2.28. The molecule has 1 N–H and O–H groups in total. The highest BCUT2D eigenvalue weighted by molar-refractivity contribution is 7.92. The molecule has 46 heavy (non-hydrogen) atoms. The van der Waals surface area contributed by atoms with Crippen molar-refractivity contribution in [2.45, 2.75) is 11.3 Å². The van der Waals surface area contributed by atoms with E-state index in [1.54, 1.807) is 81.7 Å². The van der Waals surface area contributed by atoms with Crippen molar-refractivity contribution < 1.29 is 27.5 Å². The molecule has 9 nitrogen and oxygen atoms in total. The van der Waals surface area contributed by atoms with Crippen LogP contribution in [0.25, 0.3) is 21.9 Å². The number of nitrogens with zero attached hydrogens (tertiary/aromatic N) is 2. The first-order chi connectivity index (χ1) is 22.0. The number of nitrogens with one attached hydrogen (secondary N) is 1. The van der Waals surface area contributed by atoms with E-state index in [4.69, 9.17) is 9.47 Å². The Morgan fingerprint density at radius 3 is 2.24 bits per heavy atom. The fourth-order valence-electron chi connectivity index (χ4n) is 5.19. The molecule has 0 atom stereocenters. The lowest BCUT2D eigenvalue weighted by Gasteiger charge is -2.20. The molecule has 0 saturated carbocycles. The van der Waals surface area contributed by atoms with Crippen molar-refractivity contribution in [1.82, 2.24) is 4.90 Å². The van der Waals surface area contributed by atoms with Gasteiger partial charge in [-0.15, -0.1) is 0 Å². The summed E-state index contributed by atoms with van der Waals surface area (Å²) in [4.78, 5) is 28.8. The van der Waals surface area contributed by atoms with Crippen LogP contribution in [0.15, 0.2) is 108 Å². The highest BCUT2D eigenvalue weighted by Crippen LogP contribution is 2.34. The van der Waals surface area contributed by atoms with Gasteiger partial charge in [-0.3, -0.25) is 14.3 Å². The minimum Gasteiger partial charge on any atom is -0.497 e. The molecule has 0 radical (unpaired) electrons. The van der Waals surface area contributed by atoms with Gasteiger partial charge in [0.1, 0.15) is 16.4 Å². The summed E-state index contributed by atoms with van der Waals surface area (Å²) in [6.45, 7) is 0. The number of carbonyl (C=O) groups excluding carboxylic acids is 2.